The molecule has 2 heterocycles. The van der Waals surface area contributed by atoms with E-state index in [-0.39, 0.29) is 16.6 Å². The highest BCUT2D eigenvalue weighted by molar-refractivity contribution is 6.33. The lowest BCUT2D eigenvalue weighted by atomic mass is 10.1. The van der Waals surface area contributed by atoms with Crippen LogP contribution in [-0.2, 0) is 0 Å². The van der Waals surface area contributed by atoms with Gasteiger partial charge in [0.15, 0.2) is 0 Å². The summed E-state index contributed by atoms with van der Waals surface area (Å²) in [6.45, 7) is 1.63. The zero-order valence-corrected chi connectivity index (χ0v) is 10.2. The van der Waals surface area contributed by atoms with Crippen LogP contribution in [0.3, 0.4) is 0 Å². The predicted octanol–water partition coefficient (Wildman–Crippen LogP) is 1.00. The molecule has 0 unspecified atom stereocenters. The summed E-state index contributed by atoms with van der Waals surface area (Å²) in [4.78, 5) is 19.4. The van der Waals surface area contributed by atoms with Gasteiger partial charge in [-0.3, -0.25) is 4.79 Å². The van der Waals surface area contributed by atoms with Crippen LogP contribution in [0.15, 0.2) is 12.5 Å². The maximum atomic E-state index is 11.8. The average molecular weight is 255 g/mol. The van der Waals surface area contributed by atoms with Crippen LogP contribution < -0.4 is 10.6 Å². The predicted molar refractivity (Wildman–Crippen MR) is 65.0 cm³/mol. The SMILES string of the molecule is O=C(NC[C@H]1CCCCN1)c1ncncc1Cl. The van der Waals surface area contributed by atoms with Crippen LogP contribution in [0.4, 0.5) is 0 Å². The summed E-state index contributed by atoms with van der Waals surface area (Å²) in [5.74, 6) is -0.246. The lowest BCUT2D eigenvalue weighted by molar-refractivity contribution is 0.0942. The number of rotatable bonds is 3. The number of hydrogen-bond donors (Lipinski definition) is 2. The summed E-state index contributed by atoms with van der Waals surface area (Å²) in [6.07, 6.45) is 6.25. The van der Waals surface area contributed by atoms with Crippen molar-refractivity contribution in [1.82, 2.24) is 20.6 Å². The zero-order valence-electron chi connectivity index (χ0n) is 9.45. The summed E-state index contributed by atoms with van der Waals surface area (Å²) in [5, 5.41) is 6.47. The van der Waals surface area contributed by atoms with E-state index in [1.165, 1.54) is 25.4 Å². The molecule has 0 saturated carbocycles. The molecule has 1 aromatic heterocycles. The smallest absolute Gasteiger partial charge is 0.271 e. The Morgan fingerprint density at radius 2 is 2.47 bits per heavy atom. The van der Waals surface area contributed by atoms with Crippen LogP contribution in [0.2, 0.25) is 5.02 Å². The van der Waals surface area contributed by atoms with Crippen LogP contribution in [-0.4, -0.2) is 35.0 Å². The van der Waals surface area contributed by atoms with E-state index < -0.39 is 0 Å². The molecule has 2 N–H and O–H groups in total. The molecule has 1 amide bonds. The van der Waals surface area contributed by atoms with Gasteiger partial charge in [0, 0.05) is 18.8 Å². The number of carbonyl (C=O) groups excluding carboxylic acids is 1. The Kier molecular flexibility index (Phi) is 4.28. The summed E-state index contributed by atoms with van der Waals surface area (Å²) < 4.78 is 0. The number of nitrogens with one attached hydrogen (secondary N) is 2. The van der Waals surface area contributed by atoms with Gasteiger partial charge in [-0.2, -0.15) is 0 Å². The van der Waals surface area contributed by atoms with Gasteiger partial charge >= 0.3 is 0 Å². The first kappa shape index (κ1) is 12.3. The van der Waals surface area contributed by atoms with Gasteiger partial charge in [-0.15, -0.1) is 0 Å². The Balaban J connectivity index is 1.87. The molecule has 0 aromatic carbocycles. The second kappa shape index (κ2) is 5.93. The largest absolute Gasteiger partial charge is 0.349 e. The van der Waals surface area contributed by atoms with Gasteiger partial charge in [0.25, 0.3) is 5.91 Å². The second-order valence-corrected chi connectivity index (χ2v) is 4.48. The Morgan fingerprint density at radius 1 is 1.59 bits per heavy atom. The van der Waals surface area contributed by atoms with Crippen molar-refractivity contribution in [2.45, 2.75) is 25.3 Å². The lowest BCUT2D eigenvalue weighted by Crippen LogP contribution is -2.43. The van der Waals surface area contributed by atoms with Crippen molar-refractivity contribution < 1.29 is 4.79 Å². The second-order valence-electron chi connectivity index (χ2n) is 4.08. The van der Waals surface area contributed by atoms with Crippen molar-refractivity contribution in [3.8, 4) is 0 Å². The molecule has 0 aliphatic carbocycles. The van der Waals surface area contributed by atoms with Crippen molar-refractivity contribution in [3.63, 3.8) is 0 Å². The molecule has 1 saturated heterocycles. The van der Waals surface area contributed by atoms with Crippen LogP contribution in [0.5, 0.6) is 0 Å². The summed E-state index contributed by atoms with van der Waals surface area (Å²) in [6, 6.07) is 0.355. The standard InChI is InChI=1S/C11H15ClN4O/c12-9-6-13-7-16-10(9)11(17)15-5-8-3-1-2-4-14-8/h6-8,14H,1-5H2,(H,15,17)/t8-/m1/s1. The number of hydrogen-bond acceptors (Lipinski definition) is 4. The number of aromatic nitrogens is 2. The normalized spacial score (nSPS) is 19.9. The molecule has 1 aliphatic heterocycles. The van der Waals surface area contributed by atoms with Crippen LogP contribution in [0.1, 0.15) is 29.8 Å². The molecule has 2 rings (SSSR count). The Hall–Kier alpha value is -1.20. The number of halogens is 1. The van der Waals surface area contributed by atoms with E-state index in [0.717, 1.165) is 13.0 Å². The molecule has 1 atom stereocenters. The number of carbonyl (C=O) groups is 1. The van der Waals surface area contributed by atoms with Gasteiger partial charge in [-0.05, 0) is 19.4 Å². The maximum absolute atomic E-state index is 11.8. The Morgan fingerprint density at radius 3 is 3.18 bits per heavy atom. The minimum Gasteiger partial charge on any atom is -0.349 e. The quantitative estimate of drug-likeness (QED) is 0.845. The first-order valence-corrected chi connectivity index (χ1v) is 6.12. The van der Waals surface area contributed by atoms with Gasteiger partial charge in [-0.1, -0.05) is 18.0 Å². The molecule has 1 aromatic rings. The molecule has 1 aliphatic rings. The molecule has 0 radical (unpaired) electrons. The first-order valence-electron chi connectivity index (χ1n) is 5.74. The minimum atomic E-state index is -0.246. The lowest BCUT2D eigenvalue weighted by Gasteiger charge is -2.23. The zero-order chi connectivity index (χ0) is 12.1. The van der Waals surface area contributed by atoms with E-state index in [0.29, 0.717) is 12.6 Å². The molecule has 0 spiro atoms. The number of amides is 1. The molecular formula is C11H15ClN4O. The molecule has 92 valence electrons. The van der Waals surface area contributed by atoms with Gasteiger partial charge in [0.1, 0.15) is 12.0 Å². The number of piperidine rings is 1. The first-order chi connectivity index (χ1) is 8.27. The fourth-order valence-electron chi connectivity index (χ4n) is 1.88. The van der Waals surface area contributed by atoms with Crippen LogP contribution in [0, 0.1) is 0 Å². The third kappa shape index (κ3) is 3.38. The fraction of sp³-hybridized carbons (Fsp3) is 0.545. The Bertz CT molecular complexity index is 393. The summed E-state index contributed by atoms with van der Waals surface area (Å²) in [5.41, 5.74) is 0.234. The summed E-state index contributed by atoms with van der Waals surface area (Å²) >= 11 is 5.84. The average Bonchev–Trinajstić information content (AvgIpc) is 2.38. The van der Waals surface area contributed by atoms with E-state index in [9.17, 15) is 4.79 Å². The van der Waals surface area contributed by atoms with E-state index >= 15 is 0 Å². The number of nitrogens with zero attached hydrogens (tertiary/aromatic N) is 2. The monoisotopic (exact) mass is 254 g/mol. The topological polar surface area (TPSA) is 66.9 Å². The maximum Gasteiger partial charge on any atom is 0.271 e. The molecule has 17 heavy (non-hydrogen) atoms. The molecule has 5 nitrogen and oxygen atoms in total. The Labute approximate surface area is 105 Å². The fourth-order valence-corrected chi connectivity index (χ4v) is 2.07. The molecule has 1 fully saturated rings. The highest BCUT2D eigenvalue weighted by Crippen LogP contribution is 2.10. The van der Waals surface area contributed by atoms with Crippen LogP contribution in [0.25, 0.3) is 0 Å². The van der Waals surface area contributed by atoms with E-state index in [2.05, 4.69) is 20.6 Å². The molecule has 0 bridgehead atoms. The molecule has 6 heteroatoms. The van der Waals surface area contributed by atoms with Gasteiger partial charge in [-0.25, -0.2) is 9.97 Å². The van der Waals surface area contributed by atoms with Crippen molar-refractivity contribution in [2.75, 3.05) is 13.1 Å². The van der Waals surface area contributed by atoms with Crippen LogP contribution >= 0.6 is 11.6 Å². The van der Waals surface area contributed by atoms with Crippen molar-refractivity contribution in [2.24, 2.45) is 0 Å². The van der Waals surface area contributed by atoms with Crippen molar-refractivity contribution in [1.29, 1.82) is 0 Å². The van der Waals surface area contributed by atoms with E-state index in [1.54, 1.807) is 0 Å². The van der Waals surface area contributed by atoms with Gasteiger partial charge in [0.05, 0.1) is 5.02 Å². The van der Waals surface area contributed by atoms with Gasteiger partial charge in [0.2, 0.25) is 0 Å². The van der Waals surface area contributed by atoms with Crippen molar-refractivity contribution in [3.05, 3.63) is 23.2 Å². The molecular weight excluding hydrogens is 240 g/mol. The third-order valence-corrected chi connectivity index (χ3v) is 3.08. The third-order valence-electron chi connectivity index (χ3n) is 2.80. The van der Waals surface area contributed by atoms with E-state index in [4.69, 9.17) is 11.6 Å². The highest BCUT2D eigenvalue weighted by Gasteiger charge is 2.16. The minimum absolute atomic E-state index is 0.234. The highest BCUT2D eigenvalue weighted by atomic mass is 35.5. The van der Waals surface area contributed by atoms with Gasteiger partial charge < -0.3 is 10.6 Å². The van der Waals surface area contributed by atoms with E-state index in [1.807, 2.05) is 0 Å². The summed E-state index contributed by atoms with van der Waals surface area (Å²) in [7, 11) is 0. The van der Waals surface area contributed by atoms with Crippen molar-refractivity contribution >= 4 is 17.5 Å².